The third-order valence-corrected chi connectivity index (χ3v) is 2.35. The summed E-state index contributed by atoms with van der Waals surface area (Å²) in [5.74, 6) is 0. The molecule has 0 saturated carbocycles. The first kappa shape index (κ1) is 9.92. The molecule has 0 aliphatic heterocycles. The van der Waals surface area contributed by atoms with Crippen molar-refractivity contribution in [2.45, 2.75) is 19.4 Å². The Labute approximate surface area is 73.4 Å². The molecule has 9 heavy (non-hydrogen) atoms. The largest absolute Gasteiger partial charge is 0.376 e. The number of halogens is 2. The van der Waals surface area contributed by atoms with Crippen molar-refractivity contribution in [1.29, 1.82) is 0 Å². The van der Waals surface area contributed by atoms with Gasteiger partial charge in [0.25, 0.3) is 0 Å². The lowest BCUT2D eigenvalue weighted by Gasteiger charge is -2.10. The van der Waals surface area contributed by atoms with E-state index in [9.17, 15) is 0 Å². The van der Waals surface area contributed by atoms with E-state index >= 15 is 0 Å². The first-order valence-corrected chi connectivity index (χ1v) is 5.33. The molecule has 0 spiro atoms. The quantitative estimate of drug-likeness (QED) is 0.690. The Morgan fingerprint density at radius 1 is 1.33 bits per heavy atom. The van der Waals surface area contributed by atoms with Gasteiger partial charge in [0.1, 0.15) is 0 Å². The zero-order valence-corrected chi connectivity index (χ0v) is 8.74. The predicted octanol–water partition coefficient (Wildman–Crippen LogP) is 2.57. The highest BCUT2D eigenvalue weighted by Crippen LogP contribution is 2.01. The highest BCUT2D eigenvalue weighted by atomic mass is 79.9. The minimum atomic E-state index is 0.338. The summed E-state index contributed by atoms with van der Waals surface area (Å²) < 4.78 is 5.40. The van der Waals surface area contributed by atoms with Crippen molar-refractivity contribution < 1.29 is 4.74 Å². The molecule has 0 fully saturated rings. The van der Waals surface area contributed by atoms with Crippen LogP contribution in [0.4, 0.5) is 0 Å². The van der Waals surface area contributed by atoms with Crippen LogP contribution in [0.5, 0.6) is 0 Å². The van der Waals surface area contributed by atoms with Gasteiger partial charge in [-0.2, -0.15) is 0 Å². The second-order valence-electron chi connectivity index (χ2n) is 1.80. The summed E-state index contributed by atoms with van der Waals surface area (Å²) in [6.07, 6.45) is 1.43. The van der Waals surface area contributed by atoms with Crippen LogP contribution in [0.15, 0.2) is 0 Å². The molecular weight excluding hydrogens is 248 g/mol. The van der Waals surface area contributed by atoms with Crippen molar-refractivity contribution in [2.75, 3.05) is 17.3 Å². The Bertz CT molecular complexity index is 55.0. The predicted molar refractivity (Wildman–Crippen MR) is 47.6 cm³/mol. The second-order valence-corrected chi connectivity index (χ2v) is 3.10. The summed E-state index contributed by atoms with van der Waals surface area (Å²) in [4.78, 5) is 0. The molecule has 0 aliphatic rings. The number of ether oxygens (including phenoxy) is 1. The maximum absolute atomic E-state index is 5.40. The van der Waals surface area contributed by atoms with Gasteiger partial charge in [0.05, 0.1) is 6.10 Å². The van der Waals surface area contributed by atoms with Crippen molar-refractivity contribution in [3.05, 3.63) is 0 Å². The van der Waals surface area contributed by atoms with Gasteiger partial charge in [0, 0.05) is 17.3 Å². The lowest BCUT2D eigenvalue weighted by Crippen LogP contribution is -2.16. The van der Waals surface area contributed by atoms with Gasteiger partial charge in [-0.15, -0.1) is 0 Å². The third-order valence-electron chi connectivity index (χ3n) is 0.902. The molecule has 3 heteroatoms. The summed E-state index contributed by atoms with van der Waals surface area (Å²) >= 11 is 6.70. The van der Waals surface area contributed by atoms with Crippen molar-refractivity contribution in [2.24, 2.45) is 0 Å². The van der Waals surface area contributed by atoms with Gasteiger partial charge in [0.15, 0.2) is 0 Å². The van der Waals surface area contributed by atoms with Gasteiger partial charge in [-0.3, -0.25) is 0 Å². The summed E-state index contributed by atoms with van der Waals surface area (Å²) in [6.45, 7) is 2.97. The second kappa shape index (κ2) is 7.03. The van der Waals surface area contributed by atoms with Crippen LogP contribution < -0.4 is 0 Å². The van der Waals surface area contributed by atoms with Gasteiger partial charge in [-0.25, -0.2) is 0 Å². The molecule has 0 aromatic heterocycles. The van der Waals surface area contributed by atoms with Crippen LogP contribution in [0, 0.1) is 0 Å². The highest BCUT2D eigenvalue weighted by Gasteiger charge is 2.02. The molecule has 0 N–H and O–H groups in total. The van der Waals surface area contributed by atoms with E-state index in [-0.39, 0.29) is 0 Å². The molecule has 0 aromatic rings. The third kappa shape index (κ3) is 5.37. The summed E-state index contributed by atoms with van der Waals surface area (Å²) in [7, 11) is 0. The molecule has 0 saturated heterocycles. The fraction of sp³-hybridized carbons (Fsp3) is 1.00. The number of alkyl halides is 2. The first-order chi connectivity index (χ1) is 4.35. The monoisotopic (exact) mass is 258 g/mol. The van der Waals surface area contributed by atoms with Crippen LogP contribution in [-0.4, -0.2) is 23.4 Å². The smallest absolute Gasteiger partial charge is 0.0768 e. The van der Waals surface area contributed by atoms with E-state index in [1.54, 1.807) is 0 Å². The lowest BCUT2D eigenvalue weighted by molar-refractivity contribution is 0.0872. The van der Waals surface area contributed by atoms with E-state index in [0.29, 0.717) is 6.10 Å². The van der Waals surface area contributed by atoms with Crippen LogP contribution in [0.3, 0.4) is 0 Å². The molecular formula is C6H12Br2O. The molecule has 0 unspecified atom stereocenters. The highest BCUT2D eigenvalue weighted by molar-refractivity contribution is 9.09. The number of hydrogen-bond donors (Lipinski definition) is 0. The van der Waals surface area contributed by atoms with Crippen molar-refractivity contribution >= 4 is 31.9 Å². The number of hydrogen-bond acceptors (Lipinski definition) is 1. The minimum absolute atomic E-state index is 0.338. The van der Waals surface area contributed by atoms with Crippen molar-refractivity contribution in [3.63, 3.8) is 0 Å². The zero-order valence-electron chi connectivity index (χ0n) is 5.57. The standard InChI is InChI=1S/C6H12Br2O/c1-2-3-9-6(4-7)5-8/h6H,2-5H2,1H3. The first-order valence-electron chi connectivity index (χ1n) is 3.08. The van der Waals surface area contributed by atoms with Gasteiger partial charge in [-0.1, -0.05) is 38.8 Å². The molecule has 0 amide bonds. The Balaban J connectivity index is 3.09. The van der Waals surface area contributed by atoms with E-state index in [1.165, 1.54) is 0 Å². The van der Waals surface area contributed by atoms with Crippen molar-refractivity contribution in [3.8, 4) is 0 Å². The molecule has 0 radical (unpaired) electrons. The van der Waals surface area contributed by atoms with E-state index in [2.05, 4.69) is 38.8 Å². The Morgan fingerprint density at radius 2 is 1.89 bits per heavy atom. The van der Waals surface area contributed by atoms with Crippen molar-refractivity contribution in [1.82, 2.24) is 0 Å². The minimum Gasteiger partial charge on any atom is -0.376 e. The topological polar surface area (TPSA) is 9.23 Å². The molecule has 0 aliphatic carbocycles. The molecule has 0 heterocycles. The number of rotatable bonds is 5. The molecule has 0 atom stereocenters. The molecule has 56 valence electrons. The van der Waals surface area contributed by atoms with E-state index < -0.39 is 0 Å². The van der Waals surface area contributed by atoms with Gasteiger partial charge < -0.3 is 4.74 Å². The summed E-state index contributed by atoms with van der Waals surface area (Å²) in [5.41, 5.74) is 0. The van der Waals surface area contributed by atoms with Gasteiger partial charge in [0.2, 0.25) is 0 Å². The van der Waals surface area contributed by atoms with E-state index in [1.807, 2.05) is 0 Å². The fourth-order valence-corrected chi connectivity index (χ4v) is 1.86. The summed E-state index contributed by atoms with van der Waals surface area (Å²) in [5, 5.41) is 1.83. The zero-order chi connectivity index (χ0) is 7.11. The van der Waals surface area contributed by atoms with Gasteiger partial charge in [-0.05, 0) is 6.42 Å². The molecule has 0 aromatic carbocycles. The Hall–Kier alpha value is 0.920. The molecule has 1 nitrogen and oxygen atoms in total. The molecule has 0 bridgehead atoms. The lowest BCUT2D eigenvalue weighted by atomic mass is 10.4. The van der Waals surface area contributed by atoms with Crippen LogP contribution in [-0.2, 0) is 4.74 Å². The fourth-order valence-electron chi connectivity index (χ4n) is 0.415. The normalized spacial score (nSPS) is 10.7. The van der Waals surface area contributed by atoms with Gasteiger partial charge >= 0.3 is 0 Å². The van der Waals surface area contributed by atoms with Crippen LogP contribution in [0.1, 0.15) is 13.3 Å². The average molecular weight is 260 g/mol. The average Bonchev–Trinajstić information content (AvgIpc) is 1.91. The van der Waals surface area contributed by atoms with Crippen LogP contribution >= 0.6 is 31.9 Å². The maximum atomic E-state index is 5.40. The molecule has 0 rings (SSSR count). The van der Waals surface area contributed by atoms with Crippen LogP contribution in [0.2, 0.25) is 0 Å². The maximum Gasteiger partial charge on any atom is 0.0768 e. The SMILES string of the molecule is CCCOC(CBr)CBr. The summed E-state index contributed by atoms with van der Waals surface area (Å²) in [6, 6.07) is 0. The van der Waals surface area contributed by atoms with E-state index in [0.717, 1.165) is 23.7 Å². The Morgan fingerprint density at radius 3 is 2.22 bits per heavy atom. The Kier molecular flexibility index (Phi) is 7.75. The van der Waals surface area contributed by atoms with E-state index in [4.69, 9.17) is 4.74 Å². The van der Waals surface area contributed by atoms with Crippen LogP contribution in [0.25, 0.3) is 0 Å².